The number of anilines is 1. The predicted molar refractivity (Wildman–Crippen MR) is 82.1 cm³/mol. The van der Waals surface area contributed by atoms with Crippen LogP contribution in [0.4, 0.5) is 5.69 Å². The number of hydrogen-bond donors (Lipinski definition) is 1. The summed E-state index contributed by atoms with van der Waals surface area (Å²) < 4.78 is 5.20. The third kappa shape index (κ3) is 3.53. The average molecular weight is 292 g/mol. The van der Waals surface area contributed by atoms with Crippen molar-refractivity contribution in [2.75, 3.05) is 25.2 Å². The highest BCUT2D eigenvalue weighted by molar-refractivity contribution is 5.95. The molecule has 0 spiro atoms. The summed E-state index contributed by atoms with van der Waals surface area (Å²) in [5, 5.41) is 9.55. The van der Waals surface area contributed by atoms with E-state index in [1.165, 1.54) is 12.8 Å². The van der Waals surface area contributed by atoms with Crippen LogP contribution in [-0.4, -0.2) is 42.4 Å². The minimum Gasteiger partial charge on any atom is -0.478 e. The average Bonchev–Trinajstić information content (AvgIpc) is 3.21. The molecule has 1 heterocycles. The second kappa shape index (κ2) is 6.43. The Morgan fingerprint density at radius 1 is 1.52 bits per heavy atom. The Morgan fingerprint density at radius 3 is 2.71 bits per heavy atom. The molecule has 5 nitrogen and oxygen atoms in total. The van der Waals surface area contributed by atoms with Gasteiger partial charge in [-0.2, -0.15) is 0 Å². The largest absolute Gasteiger partial charge is 0.478 e. The van der Waals surface area contributed by atoms with E-state index in [0.29, 0.717) is 36.4 Å². The SMILES string of the molecule is COCCN(c1cc(C)nc(C)c1C(=O)O)C(C)C1CC1. The van der Waals surface area contributed by atoms with Gasteiger partial charge in [0.15, 0.2) is 0 Å². The van der Waals surface area contributed by atoms with Gasteiger partial charge < -0.3 is 14.7 Å². The van der Waals surface area contributed by atoms with Crippen molar-refractivity contribution in [2.24, 2.45) is 5.92 Å². The molecule has 0 bridgehead atoms. The van der Waals surface area contributed by atoms with Crippen LogP contribution in [0.3, 0.4) is 0 Å². The molecule has 5 heteroatoms. The Balaban J connectivity index is 2.44. The molecule has 0 radical (unpaired) electrons. The second-order valence-electron chi connectivity index (χ2n) is 5.81. The minimum atomic E-state index is -0.916. The molecule has 0 saturated heterocycles. The van der Waals surface area contributed by atoms with Gasteiger partial charge in [-0.3, -0.25) is 4.98 Å². The lowest BCUT2D eigenvalue weighted by molar-refractivity contribution is 0.0696. The monoisotopic (exact) mass is 292 g/mol. The van der Waals surface area contributed by atoms with Gasteiger partial charge in [0, 0.05) is 25.4 Å². The van der Waals surface area contributed by atoms with E-state index in [9.17, 15) is 9.90 Å². The topological polar surface area (TPSA) is 62.7 Å². The number of carbonyl (C=O) groups is 1. The normalized spacial score (nSPS) is 15.8. The van der Waals surface area contributed by atoms with Crippen molar-refractivity contribution in [2.45, 2.75) is 39.7 Å². The highest BCUT2D eigenvalue weighted by atomic mass is 16.5. The summed E-state index contributed by atoms with van der Waals surface area (Å²) in [6.45, 7) is 7.10. The second-order valence-corrected chi connectivity index (χ2v) is 5.81. The zero-order valence-electron chi connectivity index (χ0n) is 13.2. The zero-order chi connectivity index (χ0) is 15.6. The van der Waals surface area contributed by atoms with Crippen LogP contribution in [0.2, 0.25) is 0 Å². The Bertz CT molecular complexity index is 526. The van der Waals surface area contributed by atoms with E-state index >= 15 is 0 Å². The quantitative estimate of drug-likeness (QED) is 0.837. The van der Waals surface area contributed by atoms with Gasteiger partial charge in [-0.15, -0.1) is 0 Å². The Hall–Kier alpha value is -1.62. The van der Waals surface area contributed by atoms with Gasteiger partial charge in [-0.05, 0) is 45.6 Å². The van der Waals surface area contributed by atoms with Crippen molar-refractivity contribution in [1.82, 2.24) is 4.98 Å². The minimum absolute atomic E-state index is 0.309. The number of hydrogen-bond acceptors (Lipinski definition) is 4. The fraction of sp³-hybridized carbons (Fsp3) is 0.625. The van der Waals surface area contributed by atoms with Crippen LogP contribution < -0.4 is 4.90 Å². The first kappa shape index (κ1) is 15.8. The predicted octanol–water partition coefficient (Wildman–Crippen LogP) is 2.65. The smallest absolute Gasteiger partial charge is 0.339 e. The number of rotatable bonds is 7. The van der Waals surface area contributed by atoms with Gasteiger partial charge in [-0.1, -0.05) is 0 Å². The van der Waals surface area contributed by atoms with Gasteiger partial charge in [0.05, 0.1) is 18.0 Å². The van der Waals surface area contributed by atoms with Crippen molar-refractivity contribution in [3.63, 3.8) is 0 Å². The van der Waals surface area contributed by atoms with Gasteiger partial charge in [0.25, 0.3) is 0 Å². The number of aromatic carboxylic acids is 1. The fourth-order valence-corrected chi connectivity index (χ4v) is 2.87. The molecule has 1 aromatic rings. The van der Waals surface area contributed by atoms with Gasteiger partial charge >= 0.3 is 5.97 Å². The summed E-state index contributed by atoms with van der Waals surface area (Å²) in [6.07, 6.45) is 2.44. The molecular formula is C16H24N2O3. The molecule has 2 rings (SSSR count). The maximum atomic E-state index is 11.6. The molecule has 1 aromatic heterocycles. The van der Waals surface area contributed by atoms with Crippen molar-refractivity contribution in [3.05, 3.63) is 23.0 Å². The first-order chi connectivity index (χ1) is 9.95. The van der Waals surface area contributed by atoms with E-state index in [-0.39, 0.29) is 0 Å². The zero-order valence-corrected chi connectivity index (χ0v) is 13.2. The summed E-state index contributed by atoms with van der Waals surface area (Å²) in [6, 6.07) is 2.20. The molecule has 1 atom stereocenters. The van der Waals surface area contributed by atoms with Crippen molar-refractivity contribution in [1.29, 1.82) is 0 Å². The van der Waals surface area contributed by atoms with E-state index in [1.807, 2.05) is 13.0 Å². The van der Waals surface area contributed by atoms with Crippen LogP contribution in [0.25, 0.3) is 0 Å². The van der Waals surface area contributed by atoms with Crippen LogP contribution >= 0.6 is 0 Å². The lowest BCUT2D eigenvalue weighted by Gasteiger charge is -2.33. The lowest BCUT2D eigenvalue weighted by Crippen LogP contribution is -2.38. The van der Waals surface area contributed by atoms with E-state index < -0.39 is 5.97 Å². The number of carboxylic acids is 1. The van der Waals surface area contributed by atoms with Gasteiger partial charge in [0.2, 0.25) is 0 Å². The van der Waals surface area contributed by atoms with E-state index in [2.05, 4.69) is 16.8 Å². The third-order valence-electron chi connectivity index (χ3n) is 4.16. The molecule has 1 aliphatic carbocycles. The Labute approximate surface area is 125 Å². The highest BCUT2D eigenvalue weighted by Crippen LogP contribution is 2.38. The number of carboxylic acid groups (broad SMARTS) is 1. The number of aromatic nitrogens is 1. The standard InChI is InChI=1S/C16H24N2O3/c1-10-9-14(15(16(19)20)11(2)17-10)18(7-8-21-4)12(3)13-5-6-13/h9,12-13H,5-8H2,1-4H3,(H,19,20). The van der Waals surface area contributed by atoms with Crippen molar-refractivity contribution in [3.8, 4) is 0 Å². The van der Waals surface area contributed by atoms with Crippen LogP contribution in [0.15, 0.2) is 6.07 Å². The summed E-state index contributed by atoms with van der Waals surface area (Å²) in [5.74, 6) is -0.266. The van der Waals surface area contributed by atoms with Gasteiger partial charge in [0.1, 0.15) is 5.56 Å². The number of methoxy groups -OCH3 is 1. The van der Waals surface area contributed by atoms with Crippen LogP contribution in [0.5, 0.6) is 0 Å². The molecule has 116 valence electrons. The number of ether oxygens (including phenoxy) is 1. The summed E-state index contributed by atoms with van der Waals surface area (Å²) in [5.41, 5.74) is 2.49. The molecule has 0 aromatic carbocycles. The van der Waals surface area contributed by atoms with Crippen LogP contribution in [0, 0.1) is 19.8 Å². The van der Waals surface area contributed by atoms with E-state index in [1.54, 1.807) is 14.0 Å². The van der Waals surface area contributed by atoms with Crippen LogP contribution in [-0.2, 0) is 4.74 Å². The van der Waals surface area contributed by atoms with Crippen molar-refractivity contribution < 1.29 is 14.6 Å². The molecule has 1 unspecified atom stereocenters. The lowest BCUT2D eigenvalue weighted by atomic mass is 10.1. The van der Waals surface area contributed by atoms with E-state index in [4.69, 9.17) is 4.74 Å². The molecule has 1 N–H and O–H groups in total. The summed E-state index contributed by atoms with van der Waals surface area (Å²) >= 11 is 0. The molecule has 0 amide bonds. The summed E-state index contributed by atoms with van der Waals surface area (Å²) in [4.78, 5) is 18.1. The molecule has 0 aliphatic heterocycles. The van der Waals surface area contributed by atoms with Crippen LogP contribution in [0.1, 0.15) is 41.5 Å². The Morgan fingerprint density at radius 2 is 2.19 bits per heavy atom. The maximum absolute atomic E-state index is 11.6. The third-order valence-corrected chi connectivity index (χ3v) is 4.16. The number of pyridine rings is 1. The Kier molecular flexibility index (Phi) is 4.83. The molecule has 1 aliphatic rings. The first-order valence-electron chi connectivity index (χ1n) is 7.42. The highest BCUT2D eigenvalue weighted by Gasteiger charge is 2.34. The molecule has 1 fully saturated rings. The molecule has 1 saturated carbocycles. The first-order valence-corrected chi connectivity index (χ1v) is 7.42. The number of aryl methyl sites for hydroxylation is 2. The van der Waals surface area contributed by atoms with Crippen molar-refractivity contribution >= 4 is 11.7 Å². The van der Waals surface area contributed by atoms with Gasteiger partial charge in [-0.25, -0.2) is 4.79 Å². The number of nitrogens with zero attached hydrogens (tertiary/aromatic N) is 2. The van der Waals surface area contributed by atoms with E-state index in [0.717, 1.165) is 11.4 Å². The fourth-order valence-electron chi connectivity index (χ4n) is 2.87. The summed E-state index contributed by atoms with van der Waals surface area (Å²) in [7, 11) is 1.67. The molecular weight excluding hydrogens is 268 g/mol. The maximum Gasteiger partial charge on any atom is 0.339 e. The molecule has 21 heavy (non-hydrogen) atoms.